The Hall–Kier alpha value is -3.04. The molecule has 2 aromatic carbocycles. The summed E-state index contributed by atoms with van der Waals surface area (Å²) in [6, 6.07) is 13.6. The van der Waals surface area contributed by atoms with Gasteiger partial charge in [-0.1, -0.05) is 12.1 Å². The molecule has 1 aliphatic rings. The van der Waals surface area contributed by atoms with E-state index in [1.807, 2.05) is 44.2 Å². The van der Waals surface area contributed by atoms with Gasteiger partial charge in [-0.15, -0.1) is 0 Å². The molecule has 0 aliphatic carbocycles. The molecule has 0 fully saturated rings. The van der Waals surface area contributed by atoms with E-state index in [-0.39, 0.29) is 25.0 Å². The third-order valence-electron chi connectivity index (χ3n) is 4.80. The Bertz CT molecular complexity index is 918. The third-order valence-corrected chi connectivity index (χ3v) is 4.80. The van der Waals surface area contributed by atoms with Crippen LogP contribution >= 0.6 is 0 Å². The van der Waals surface area contributed by atoms with Crippen LogP contribution in [-0.4, -0.2) is 35.2 Å². The van der Waals surface area contributed by atoms with Gasteiger partial charge >= 0.3 is 0 Å². The summed E-state index contributed by atoms with van der Waals surface area (Å²) in [6.45, 7) is 5.31. The summed E-state index contributed by atoms with van der Waals surface area (Å²) in [7, 11) is 0. The highest BCUT2D eigenvalue weighted by Gasteiger charge is 2.20. The Morgan fingerprint density at radius 2 is 2.07 bits per heavy atom. The largest absolute Gasteiger partial charge is 0.490 e. The molecule has 0 saturated heterocycles. The van der Waals surface area contributed by atoms with Gasteiger partial charge < -0.3 is 19.5 Å². The van der Waals surface area contributed by atoms with Crippen LogP contribution in [0.25, 0.3) is 0 Å². The van der Waals surface area contributed by atoms with Crippen molar-refractivity contribution in [1.29, 1.82) is 5.26 Å². The molecule has 0 saturated carbocycles. The van der Waals surface area contributed by atoms with Crippen LogP contribution in [0.15, 0.2) is 36.4 Å². The van der Waals surface area contributed by atoms with Crippen molar-refractivity contribution in [2.45, 2.75) is 45.9 Å². The number of hydrogen-bond acceptors (Lipinski definition) is 5. The van der Waals surface area contributed by atoms with E-state index >= 15 is 0 Å². The van der Waals surface area contributed by atoms with Crippen LogP contribution in [0.4, 0.5) is 0 Å². The monoisotopic (exact) mass is 394 g/mol. The van der Waals surface area contributed by atoms with Gasteiger partial charge in [-0.05, 0) is 61.2 Å². The summed E-state index contributed by atoms with van der Waals surface area (Å²) >= 11 is 0. The highest BCUT2D eigenvalue weighted by Crippen LogP contribution is 2.26. The maximum Gasteiger partial charge on any atom is 0.225 e. The predicted molar refractivity (Wildman–Crippen MR) is 109 cm³/mol. The fraction of sp³-hybridized carbons (Fsp3) is 0.391. The van der Waals surface area contributed by atoms with E-state index in [1.54, 1.807) is 11.0 Å². The molecule has 152 valence electrons. The summed E-state index contributed by atoms with van der Waals surface area (Å²) in [5, 5.41) is 18.3. The van der Waals surface area contributed by atoms with E-state index in [0.717, 1.165) is 23.3 Å². The molecular formula is C23H26N2O4. The van der Waals surface area contributed by atoms with Gasteiger partial charge in [-0.3, -0.25) is 4.79 Å². The van der Waals surface area contributed by atoms with E-state index in [9.17, 15) is 10.1 Å². The minimum Gasteiger partial charge on any atom is -0.490 e. The zero-order valence-corrected chi connectivity index (χ0v) is 16.9. The number of nitriles is 1. The maximum atomic E-state index is 12.0. The van der Waals surface area contributed by atoms with Crippen LogP contribution < -0.4 is 9.47 Å². The Morgan fingerprint density at radius 1 is 1.24 bits per heavy atom. The highest BCUT2D eigenvalue weighted by molar-refractivity contribution is 5.76. The minimum absolute atomic E-state index is 0.00884. The number of hydrogen-bond donors (Lipinski definition) is 1. The lowest BCUT2D eigenvalue weighted by atomic mass is 9.99. The normalized spacial score (nSPS) is 13.0. The van der Waals surface area contributed by atoms with Gasteiger partial charge in [0.2, 0.25) is 5.91 Å². The molecule has 0 atom stereocenters. The fourth-order valence-corrected chi connectivity index (χ4v) is 3.36. The standard InChI is InChI=1S/C23H26N2O4/c1-16(2)29-22-6-3-17(11-20(22)13-24)15-28-21-5-4-19-14-25(23(27)8-10-26)9-7-18(19)12-21/h3-6,11-12,16,26H,7-10,14-15H2,1-2H3. The Morgan fingerprint density at radius 3 is 2.79 bits per heavy atom. The lowest BCUT2D eigenvalue weighted by Gasteiger charge is -2.29. The van der Waals surface area contributed by atoms with Gasteiger partial charge in [0, 0.05) is 19.5 Å². The maximum absolute atomic E-state index is 12.0. The predicted octanol–water partition coefficient (Wildman–Crippen LogP) is 3.19. The van der Waals surface area contributed by atoms with Crippen molar-refractivity contribution in [3.05, 3.63) is 58.7 Å². The van der Waals surface area contributed by atoms with E-state index in [0.29, 0.717) is 31.0 Å². The number of nitrogens with zero attached hydrogens (tertiary/aromatic N) is 2. The first-order chi connectivity index (χ1) is 14.0. The van der Waals surface area contributed by atoms with Gasteiger partial charge in [-0.25, -0.2) is 0 Å². The molecule has 1 heterocycles. The van der Waals surface area contributed by atoms with Crippen LogP contribution in [0, 0.1) is 11.3 Å². The number of aliphatic hydroxyl groups is 1. The topological polar surface area (TPSA) is 82.8 Å². The highest BCUT2D eigenvalue weighted by atomic mass is 16.5. The van der Waals surface area contributed by atoms with Crippen molar-refractivity contribution in [2.75, 3.05) is 13.2 Å². The van der Waals surface area contributed by atoms with Crippen molar-refractivity contribution in [3.63, 3.8) is 0 Å². The summed E-state index contributed by atoms with van der Waals surface area (Å²) in [4.78, 5) is 13.8. The smallest absolute Gasteiger partial charge is 0.225 e. The summed E-state index contributed by atoms with van der Waals surface area (Å²) in [5.41, 5.74) is 3.68. The fourth-order valence-electron chi connectivity index (χ4n) is 3.36. The van der Waals surface area contributed by atoms with Gasteiger partial charge in [-0.2, -0.15) is 5.26 Å². The average Bonchev–Trinajstić information content (AvgIpc) is 2.72. The third kappa shape index (κ3) is 5.27. The number of carbonyl (C=O) groups is 1. The first-order valence-corrected chi connectivity index (χ1v) is 9.83. The molecule has 0 unspecified atom stereocenters. The number of fused-ring (bicyclic) bond motifs is 1. The Kier molecular flexibility index (Phi) is 6.73. The first-order valence-electron chi connectivity index (χ1n) is 9.83. The van der Waals surface area contributed by atoms with Gasteiger partial charge in [0.05, 0.1) is 18.3 Å². The molecule has 6 nitrogen and oxygen atoms in total. The summed E-state index contributed by atoms with van der Waals surface area (Å²) in [6.07, 6.45) is 0.945. The van der Waals surface area contributed by atoms with Crippen LogP contribution in [-0.2, 0) is 24.4 Å². The number of rotatable bonds is 7. The second kappa shape index (κ2) is 9.44. The number of amides is 1. The molecule has 0 bridgehead atoms. The van der Waals surface area contributed by atoms with Crippen molar-refractivity contribution in [2.24, 2.45) is 0 Å². The van der Waals surface area contributed by atoms with Crippen molar-refractivity contribution in [3.8, 4) is 17.6 Å². The van der Waals surface area contributed by atoms with Crippen LogP contribution in [0.3, 0.4) is 0 Å². The lowest BCUT2D eigenvalue weighted by molar-refractivity contribution is -0.132. The van der Waals surface area contributed by atoms with Gasteiger partial charge in [0.1, 0.15) is 24.2 Å². The molecule has 2 aromatic rings. The molecule has 0 aromatic heterocycles. The first kappa shape index (κ1) is 20.7. The van der Waals surface area contributed by atoms with E-state index in [1.165, 1.54) is 5.56 Å². The van der Waals surface area contributed by atoms with Crippen molar-refractivity contribution in [1.82, 2.24) is 4.90 Å². The zero-order chi connectivity index (χ0) is 20.8. The number of benzene rings is 2. The number of aliphatic hydroxyl groups excluding tert-OH is 1. The molecule has 0 radical (unpaired) electrons. The molecule has 1 aliphatic heterocycles. The van der Waals surface area contributed by atoms with E-state index in [2.05, 4.69) is 6.07 Å². The Balaban J connectivity index is 1.64. The van der Waals surface area contributed by atoms with Crippen molar-refractivity contribution >= 4 is 5.91 Å². The zero-order valence-electron chi connectivity index (χ0n) is 16.9. The van der Waals surface area contributed by atoms with Crippen LogP contribution in [0.2, 0.25) is 0 Å². The molecule has 6 heteroatoms. The average molecular weight is 394 g/mol. The Labute approximate surface area is 171 Å². The quantitative estimate of drug-likeness (QED) is 0.780. The molecule has 0 spiro atoms. The van der Waals surface area contributed by atoms with Gasteiger partial charge in [0.25, 0.3) is 0 Å². The SMILES string of the molecule is CC(C)Oc1ccc(COc2ccc3c(c2)CCN(C(=O)CCO)C3)cc1C#N. The number of carbonyl (C=O) groups excluding carboxylic acids is 1. The summed E-state index contributed by atoms with van der Waals surface area (Å²) < 4.78 is 11.6. The number of ether oxygens (including phenoxy) is 2. The second-order valence-corrected chi connectivity index (χ2v) is 7.37. The van der Waals surface area contributed by atoms with Crippen molar-refractivity contribution < 1.29 is 19.4 Å². The molecular weight excluding hydrogens is 368 g/mol. The lowest BCUT2D eigenvalue weighted by Crippen LogP contribution is -2.36. The summed E-state index contributed by atoms with van der Waals surface area (Å²) in [5.74, 6) is 1.33. The minimum atomic E-state index is -0.118. The van der Waals surface area contributed by atoms with Crippen LogP contribution in [0.1, 0.15) is 42.5 Å². The molecule has 29 heavy (non-hydrogen) atoms. The second-order valence-electron chi connectivity index (χ2n) is 7.37. The van der Waals surface area contributed by atoms with E-state index in [4.69, 9.17) is 14.6 Å². The molecule has 3 rings (SSSR count). The van der Waals surface area contributed by atoms with Gasteiger partial charge in [0.15, 0.2) is 0 Å². The van der Waals surface area contributed by atoms with E-state index < -0.39 is 0 Å². The van der Waals surface area contributed by atoms with Crippen LogP contribution in [0.5, 0.6) is 11.5 Å². The molecule has 1 amide bonds. The molecule has 1 N–H and O–H groups in total.